The summed E-state index contributed by atoms with van der Waals surface area (Å²) in [6.45, 7) is 1.11. The Labute approximate surface area is 161 Å². The average Bonchev–Trinajstić information content (AvgIpc) is 3.00. The number of rotatable bonds is 8. The molecule has 0 spiro atoms. The molecule has 0 bridgehead atoms. The first kappa shape index (κ1) is 18.9. The van der Waals surface area contributed by atoms with Gasteiger partial charge in [0.1, 0.15) is 18.2 Å². The first-order valence-electron chi connectivity index (χ1n) is 8.41. The summed E-state index contributed by atoms with van der Waals surface area (Å²) in [7, 11) is 1.90. The van der Waals surface area contributed by atoms with Crippen LogP contribution in [0.25, 0.3) is 0 Å². The molecule has 1 fully saturated rings. The maximum Gasteiger partial charge on any atom is 0.286 e. The van der Waals surface area contributed by atoms with Crippen LogP contribution in [0.2, 0.25) is 0 Å². The minimum Gasteiger partial charge on any atom is -0.492 e. The fourth-order valence-corrected chi connectivity index (χ4v) is 3.43. The van der Waals surface area contributed by atoms with Crippen LogP contribution in [0.4, 0.5) is 10.6 Å². The van der Waals surface area contributed by atoms with Gasteiger partial charge in [-0.1, -0.05) is 23.9 Å². The molecule has 1 N–H and O–H groups in total. The van der Waals surface area contributed by atoms with Crippen molar-refractivity contribution in [1.29, 1.82) is 0 Å². The van der Waals surface area contributed by atoms with E-state index in [2.05, 4.69) is 10.3 Å². The summed E-state index contributed by atoms with van der Waals surface area (Å²) < 4.78 is 5.74. The normalized spacial score (nSPS) is 16.1. The molecule has 2 aromatic rings. The first-order valence-corrected chi connectivity index (χ1v) is 9.28. The Morgan fingerprint density at radius 2 is 2.00 bits per heavy atom. The molecule has 2 heterocycles. The second kappa shape index (κ2) is 8.68. The topological polar surface area (TPSA) is 88.6 Å². The van der Waals surface area contributed by atoms with Gasteiger partial charge in [0, 0.05) is 18.8 Å². The Bertz CT molecular complexity index is 824. The lowest BCUT2D eigenvalue weighted by atomic mass is 10.1. The lowest BCUT2D eigenvalue weighted by Gasteiger charge is -2.18. The number of carbonyl (C=O) groups is 3. The second-order valence-corrected chi connectivity index (χ2v) is 7.24. The van der Waals surface area contributed by atoms with Gasteiger partial charge in [0.2, 0.25) is 5.91 Å². The molecule has 0 radical (unpaired) electrons. The summed E-state index contributed by atoms with van der Waals surface area (Å²) in [5, 5.41) is 1.64. The standard InChI is InChI=1S/C19H19N3O4S/c1-22(17-7-4-14(12-23)11-20-17)8-9-26-15-5-2-13(3-6-15)10-16-18(24)21-19(25)27-16/h2-7,11-12,16H,8-10H2,1H3,(H,21,24,25). The number of nitrogens with one attached hydrogen (secondary N) is 1. The summed E-state index contributed by atoms with van der Waals surface area (Å²) in [4.78, 5) is 39.6. The van der Waals surface area contributed by atoms with E-state index >= 15 is 0 Å². The number of nitrogens with zero attached hydrogens (tertiary/aromatic N) is 2. The molecule has 27 heavy (non-hydrogen) atoms. The monoisotopic (exact) mass is 385 g/mol. The summed E-state index contributed by atoms with van der Waals surface area (Å²) in [5.74, 6) is 1.26. The Kier molecular flexibility index (Phi) is 6.08. The number of hydrogen-bond acceptors (Lipinski definition) is 7. The van der Waals surface area contributed by atoms with Crippen molar-refractivity contribution in [3.63, 3.8) is 0 Å². The molecule has 3 rings (SSSR count). The van der Waals surface area contributed by atoms with Crippen molar-refractivity contribution in [1.82, 2.24) is 10.3 Å². The number of ether oxygens (including phenoxy) is 1. The zero-order chi connectivity index (χ0) is 19.2. The van der Waals surface area contributed by atoms with Crippen LogP contribution in [0.3, 0.4) is 0 Å². The van der Waals surface area contributed by atoms with Crippen LogP contribution in [-0.2, 0) is 11.2 Å². The van der Waals surface area contributed by atoms with Crippen molar-refractivity contribution in [2.75, 3.05) is 25.1 Å². The molecule has 0 aliphatic carbocycles. The zero-order valence-corrected chi connectivity index (χ0v) is 15.6. The van der Waals surface area contributed by atoms with Gasteiger partial charge in [-0.3, -0.25) is 19.7 Å². The number of thioether (sulfide) groups is 1. The fourth-order valence-electron chi connectivity index (χ4n) is 2.57. The van der Waals surface area contributed by atoms with E-state index in [-0.39, 0.29) is 16.4 Å². The average molecular weight is 385 g/mol. The molecule has 2 amide bonds. The maximum atomic E-state index is 11.6. The lowest BCUT2D eigenvalue weighted by Crippen LogP contribution is -2.25. The van der Waals surface area contributed by atoms with Gasteiger partial charge >= 0.3 is 0 Å². The van der Waals surface area contributed by atoms with E-state index in [0.717, 1.165) is 35.2 Å². The van der Waals surface area contributed by atoms with E-state index in [1.165, 1.54) is 6.20 Å². The van der Waals surface area contributed by atoms with E-state index in [9.17, 15) is 14.4 Å². The van der Waals surface area contributed by atoms with Crippen LogP contribution in [0.1, 0.15) is 15.9 Å². The minimum absolute atomic E-state index is 0.233. The molecule has 1 aliphatic rings. The van der Waals surface area contributed by atoms with Crippen molar-refractivity contribution >= 4 is 35.0 Å². The predicted molar refractivity (Wildman–Crippen MR) is 103 cm³/mol. The van der Waals surface area contributed by atoms with Crippen molar-refractivity contribution in [2.24, 2.45) is 0 Å². The SMILES string of the molecule is CN(CCOc1ccc(CC2SC(=O)NC2=O)cc1)c1ccc(C=O)cn1. The number of aldehydes is 1. The van der Waals surface area contributed by atoms with Crippen LogP contribution in [0, 0.1) is 0 Å². The molecule has 1 atom stereocenters. The molecule has 1 saturated heterocycles. The molecule has 1 aliphatic heterocycles. The molecule has 1 unspecified atom stereocenters. The molecular formula is C19H19N3O4S. The number of hydrogen-bond donors (Lipinski definition) is 1. The van der Waals surface area contributed by atoms with E-state index in [1.54, 1.807) is 12.1 Å². The van der Waals surface area contributed by atoms with Gasteiger partial charge in [0.25, 0.3) is 5.24 Å². The number of pyridine rings is 1. The van der Waals surface area contributed by atoms with Gasteiger partial charge in [-0.05, 0) is 36.2 Å². The van der Waals surface area contributed by atoms with Crippen LogP contribution in [-0.4, -0.2) is 47.9 Å². The molecule has 1 aromatic carbocycles. The first-order chi connectivity index (χ1) is 13.0. The second-order valence-electron chi connectivity index (χ2n) is 6.07. The number of likely N-dealkylation sites (N-methyl/N-ethyl adjacent to an activating group) is 1. The van der Waals surface area contributed by atoms with Gasteiger partial charge in [-0.25, -0.2) is 4.98 Å². The highest BCUT2D eigenvalue weighted by atomic mass is 32.2. The number of imide groups is 1. The smallest absolute Gasteiger partial charge is 0.286 e. The number of anilines is 1. The van der Waals surface area contributed by atoms with Crippen molar-refractivity contribution in [3.05, 3.63) is 53.7 Å². The Balaban J connectivity index is 1.46. The van der Waals surface area contributed by atoms with Crippen molar-refractivity contribution in [2.45, 2.75) is 11.7 Å². The minimum atomic E-state index is -0.365. The maximum absolute atomic E-state index is 11.6. The van der Waals surface area contributed by atoms with Crippen LogP contribution < -0.4 is 15.0 Å². The number of benzene rings is 1. The fraction of sp³-hybridized carbons (Fsp3) is 0.263. The molecule has 1 aromatic heterocycles. The van der Waals surface area contributed by atoms with Gasteiger partial charge < -0.3 is 9.64 Å². The lowest BCUT2D eigenvalue weighted by molar-refractivity contribution is -0.118. The zero-order valence-electron chi connectivity index (χ0n) is 14.8. The Hall–Kier alpha value is -2.87. The van der Waals surface area contributed by atoms with E-state index in [4.69, 9.17) is 4.74 Å². The number of aromatic nitrogens is 1. The largest absolute Gasteiger partial charge is 0.492 e. The highest BCUT2D eigenvalue weighted by Gasteiger charge is 2.31. The van der Waals surface area contributed by atoms with Crippen LogP contribution in [0.5, 0.6) is 5.75 Å². The van der Waals surface area contributed by atoms with Gasteiger partial charge in [-0.2, -0.15) is 0 Å². The van der Waals surface area contributed by atoms with E-state index in [1.807, 2.05) is 36.2 Å². The van der Waals surface area contributed by atoms with E-state index < -0.39 is 0 Å². The summed E-state index contributed by atoms with van der Waals surface area (Å²) >= 11 is 1.03. The molecular weight excluding hydrogens is 366 g/mol. The predicted octanol–water partition coefficient (Wildman–Crippen LogP) is 2.30. The third-order valence-electron chi connectivity index (χ3n) is 4.10. The van der Waals surface area contributed by atoms with Gasteiger partial charge in [0.05, 0.1) is 11.8 Å². The summed E-state index contributed by atoms with van der Waals surface area (Å²) in [6.07, 6.45) is 2.81. The summed E-state index contributed by atoms with van der Waals surface area (Å²) in [6, 6.07) is 11.0. The Morgan fingerprint density at radius 1 is 1.22 bits per heavy atom. The van der Waals surface area contributed by atoms with Crippen LogP contribution >= 0.6 is 11.8 Å². The number of amides is 2. The number of carbonyl (C=O) groups excluding carboxylic acids is 3. The van der Waals surface area contributed by atoms with E-state index in [0.29, 0.717) is 25.1 Å². The third kappa shape index (κ3) is 5.07. The molecule has 0 saturated carbocycles. The van der Waals surface area contributed by atoms with Crippen molar-refractivity contribution < 1.29 is 19.1 Å². The molecule has 140 valence electrons. The molecule has 8 heteroatoms. The third-order valence-corrected chi connectivity index (χ3v) is 5.09. The highest BCUT2D eigenvalue weighted by Crippen LogP contribution is 2.23. The quantitative estimate of drug-likeness (QED) is 0.698. The van der Waals surface area contributed by atoms with Crippen molar-refractivity contribution in [3.8, 4) is 5.75 Å². The summed E-state index contributed by atoms with van der Waals surface area (Å²) in [5.41, 5.74) is 1.52. The van der Waals surface area contributed by atoms with Crippen LogP contribution in [0.15, 0.2) is 42.6 Å². The van der Waals surface area contributed by atoms with Gasteiger partial charge in [-0.15, -0.1) is 0 Å². The Morgan fingerprint density at radius 3 is 2.59 bits per heavy atom. The highest BCUT2D eigenvalue weighted by molar-refractivity contribution is 8.15. The van der Waals surface area contributed by atoms with Gasteiger partial charge in [0.15, 0.2) is 6.29 Å². The molecule has 7 nitrogen and oxygen atoms in total.